The molecule has 0 saturated carbocycles. The van der Waals surface area contributed by atoms with Gasteiger partial charge in [-0.25, -0.2) is 9.59 Å². The molecule has 0 aliphatic carbocycles. The van der Waals surface area contributed by atoms with Gasteiger partial charge >= 0.3 is 11.9 Å². The van der Waals surface area contributed by atoms with Crippen LogP contribution in [-0.2, 0) is 9.47 Å². The summed E-state index contributed by atoms with van der Waals surface area (Å²) in [5.41, 5.74) is -0.0146. The summed E-state index contributed by atoms with van der Waals surface area (Å²) in [5.74, 6) is -1.26. The number of pyridine rings is 1. The number of carbonyl (C=O) groups is 2. The van der Waals surface area contributed by atoms with Gasteiger partial charge in [-0.15, -0.1) is 0 Å². The van der Waals surface area contributed by atoms with E-state index in [9.17, 15) is 14.4 Å². The van der Waals surface area contributed by atoms with Crippen LogP contribution >= 0.6 is 0 Å². The van der Waals surface area contributed by atoms with Crippen LogP contribution in [-0.4, -0.2) is 30.6 Å². The predicted octanol–water partition coefficient (Wildman–Crippen LogP) is 1.49. The predicted molar refractivity (Wildman–Crippen MR) is 71.9 cm³/mol. The lowest BCUT2D eigenvalue weighted by molar-refractivity contribution is 0.0524. The molecule has 0 radical (unpaired) electrons. The molecule has 0 bridgehead atoms. The Morgan fingerprint density at radius 1 is 1.20 bits per heavy atom. The monoisotopic (exact) mass is 275 g/mol. The summed E-state index contributed by atoms with van der Waals surface area (Å²) in [7, 11) is 1.26. The van der Waals surface area contributed by atoms with Crippen LogP contribution in [0.15, 0.2) is 29.2 Å². The number of nitrogens with one attached hydrogen (secondary N) is 1. The van der Waals surface area contributed by atoms with Gasteiger partial charge in [-0.05, 0) is 19.1 Å². The first-order chi connectivity index (χ1) is 9.60. The molecule has 20 heavy (non-hydrogen) atoms. The van der Waals surface area contributed by atoms with E-state index in [2.05, 4.69) is 9.72 Å². The zero-order chi connectivity index (χ0) is 14.7. The van der Waals surface area contributed by atoms with Crippen molar-refractivity contribution in [1.29, 1.82) is 0 Å². The molecule has 0 aliphatic heterocycles. The second-order valence-electron chi connectivity index (χ2n) is 3.97. The summed E-state index contributed by atoms with van der Waals surface area (Å²) in [6.07, 6.45) is 1.25. The van der Waals surface area contributed by atoms with Crippen molar-refractivity contribution in [3.63, 3.8) is 0 Å². The molecule has 0 unspecified atom stereocenters. The number of aromatic nitrogens is 1. The number of methoxy groups -OCH3 is 1. The highest BCUT2D eigenvalue weighted by molar-refractivity contribution is 6.04. The molecule has 6 nitrogen and oxygen atoms in total. The third kappa shape index (κ3) is 2.27. The van der Waals surface area contributed by atoms with Crippen molar-refractivity contribution in [2.24, 2.45) is 0 Å². The number of benzene rings is 1. The SMILES string of the molecule is CCOC(=O)c1c[nH]c2c(C(=O)OC)cccc2c1=O. The molecule has 0 aliphatic rings. The van der Waals surface area contributed by atoms with Crippen LogP contribution in [0.1, 0.15) is 27.6 Å². The number of hydrogen-bond acceptors (Lipinski definition) is 5. The highest BCUT2D eigenvalue weighted by Gasteiger charge is 2.17. The quantitative estimate of drug-likeness (QED) is 0.858. The third-order valence-electron chi connectivity index (χ3n) is 2.82. The van der Waals surface area contributed by atoms with E-state index in [1.807, 2.05) is 0 Å². The molecule has 0 saturated heterocycles. The van der Waals surface area contributed by atoms with Gasteiger partial charge < -0.3 is 14.5 Å². The Hall–Kier alpha value is -2.63. The van der Waals surface area contributed by atoms with Crippen LogP contribution in [0.4, 0.5) is 0 Å². The van der Waals surface area contributed by atoms with Crippen molar-refractivity contribution < 1.29 is 19.1 Å². The maximum absolute atomic E-state index is 12.2. The highest BCUT2D eigenvalue weighted by Crippen LogP contribution is 2.15. The lowest BCUT2D eigenvalue weighted by Crippen LogP contribution is -2.19. The lowest BCUT2D eigenvalue weighted by Gasteiger charge is -2.06. The minimum absolute atomic E-state index is 0.0960. The molecule has 1 aromatic heterocycles. The summed E-state index contributed by atoms with van der Waals surface area (Å²) in [6, 6.07) is 4.62. The standard InChI is InChI=1S/C14H13NO5/c1-3-20-14(18)10-7-15-11-8(12(10)16)5-4-6-9(11)13(17)19-2/h4-7H,3H2,1-2H3,(H,15,16). The van der Waals surface area contributed by atoms with Gasteiger partial charge in [0.15, 0.2) is 0 Å². The van der Waals surface area contributed by atoms with E-state index in [4.69, 9.17) is 4.74 Å². The van der Waals surface area contributed by atoms with Gasteiger partial charge in [0, 0.05) is 11.6 Å². The van der Waals surface area contributed by atoms with Crippen LogP contribution < -0.4 is 5.43 Å². The minimum Gasteiger partial charge on any atom is -0.465 e. The molecule has 0 spiro atoms. The van der Waals surface area contributed by atoms with Crippen molar-refractivity contribution in [2.75, 3.05) is 13.7 Å². The number of ether oxygens (including phenoxy) is 2. The van der Waals surface area contributed by atoms with Gasteiger partial charge in [0.2, 0.25) is 5.43 Å². The maximum atomic E-state index is 12.2. The molecule has 104 valence electrons. The van der Waals surface area contributed by atoms with Gasteiger partial charge in [-0.3, -0.25) is 4.79 Å². The normalized spacial score (nSPS) is 10.3. The van der Waals surface area contributed by atoms with Crippen LogP contribution in [0.2, 0.25) is 0 Å². The second kappa shape index (κ2) is 5.56. The molecule has 1 heterocycles. The lowest BCUT2D eigenvalue weighted by atomic mass is 10.1. The first kappa shape index (κ1) is 13.8. The molecule has 6 heteroatoms. The Morgan fingerprint density at radius 3 is 2.60 bits per heavy atom. The summed E-state index contributed by atoms with van der Waals surface area (Å²) in [6.45, 7) is 1.83. The van der Waals surface area contributed by atoms with Gasteiger partial charge in [0.1, 0.15) is 5.56 Å². The first-order valence-corrected chi connectivity index (χ1v) is 6.00. The fraction of sp³-hybridized carbons (Fsp3) is 0.214. The van der Waals surface area contributed by atoms with Crippen LogP contribution in [0.5, 0.6) is 0 Å². The Kier molecular flexibility index (Phi) is 3.84. The molecule has 0 atom stereocenters. The zero-order valence-corrected chi connectivity index (χ0v) is 11.1. The van der Waals surface area contributed by atoms with E-state index in [1.165, 1.54) is 25.4 Å². The molecule has 0 amide bonds. The first-order valence-electron chi connectivity index (χ1n) is 6.00. The Labute approximate surface area is 114 Å². The molecule has 1 N–H and O–H groups in total. The number of rotatable bonds is 3. The average Bonchev–Trinajstić information content (AvgIpc) is 2.46. The Morgan fingerprint density at radius 2 is 1.95 bits per heavy atom. The fourth-order valence-electron chi connectivity index (χ4n) is 1.89. The smallest absolute Gasteiger partial charge is 0.343 e. The molecule has 2 rings (SSSR count). The van der Waals surface area contributed by atoms with E-state index in [0.29, 0.717) is 5.52 Å². The summed E-state index contributed by atoms with van der Waals surface area (Å²) < 4.78 is 9.45. The largest absolute Gasteiger partial charge is 0.465 e. The van der Waals surface area contributed by atoms with Gasteiger partial charge in [0.05, 0.1) is 24.8 Å². The van der Waals surface area contributed by atoms with Crippen molar-refractivity contribution in [3.05, 3.63) is 45.7 Å². The van der Waals surface area contributed by atoms with Gasteiger partial charge in [-0.1, -0.05) is 6.07 Å². The number of hydrogen-bond donors (Lipinski definition) is 1. The van der Waals surface area contributed by atoms with Gasteiger partial charge in [0.25, 0.3) is 0 Å². The molecular weight excluding hydrogens is 262 g/mol. The topological polar surface area (TPSA) is 85.5 Å². The minimum atomic E-state index is -0.695. The summed E-state index contributed by atoms with van der Waals surface area (Å²) in [5, 5.41) is 0.235. The van der Waals surface area contributed by atoms with Crippen molar-refractivity contribution in [3.8, 4) is 0 Å². The van der Waals surface area contributed by atoms with E-state index < -0.39 is 17.4 Å². The fourth-order valence-corrected chi connectivity index (χ4v) is 1.89. The second-order valence-corrected chi connectivity index (χ2v) is 3.97. The van der Waals surface area contributed by atoms with E-state index >= 15 is 0 Å². The Bertz CT molecular complexity index is 732. The van der Waals surface area contributed by atoms with Crippen molar-refractivity contribution in [1.82, 2.24) is 4.98 Å². The number of H-pyrrole nitrogens is 1. The summed E-state index contributed by atoms with van der Waals surface area (Å²) in [4.78, 5) is 38.3. The third-order valence-corrected chi connectivity index (χ3v) is 2.82. The molecule has 1 aromatic carbocycles. The Balaban J connectivity index is 2.67. The summed E-state index contributed by atoms with van der Waals surface area (Å²) >= 11 is 0. The highest BCUT2D eigenvalue weighted by atomic mass is 16.5. The number of esters is 2. The molecular formula is C14H13NO5. The number of aromatic amines is 1. The van der Waals surface area contributed by atoms with E-state index in [1.54, 1.807) is 13.0 Å². The van der Waals surface area contributed by atoms with Crippen molar-refractivity contribution >= 4 is 22.8 Å². The van der Waals surface area contributed by atoms with Gasteiger partial charge in [-0.2, -0.15) is 0 Å². The maximum Gasteiger partial charge on any atom is 0.343 e. The number of carbonyl (C=O) groups excluding carboxylic acids is 2. The van der Waals surface area contributed by atoms with Crippen LogP contribution in [0.25, 0.3) is 10.9 Å². The van der Waals surface area contributed by atoms with E-state index in [0.717, 1.165) is 0 Å². The molecule has 0 fully saturated rings. The number of fused-ring (bicyclic) bond motifs is 1. The average molecular weight is 275 g/mol. The molecule has 2 aromatic rings. The zero-order valence-electron chi connectivity index (χ0n) is 11.1. The van der Waals surface area contributed by atoms with Crippen LogP contribution in [0.3, 0.4) is 0 Å². The number of para-hydroxylation sites is 1. The van der Waals surface area contributed by atoms with E-state index in [-0.39, 0.29) is 23.1 Å². The van der Waals surface area contributed by atoms with Crippen molar-refractivity contribution in [2.45, 2.75) is 6.92 Å². The van der Waals surface area contributed by atoms with Crippen LogP contribution in [0, 0.1) is 0 Å².